The van der Waals surface area contributed by atoms with Crippen molar-refractivity contribution in [2.45, 2.75) is 38.8 Å². The second kappa shape index (κ2) is 6.47. The van der Waals surface area contributed by atoms with Gasteiger partial charge in [0, 0.05) is 23.2 Å². The predicted octanol–water partition coefficient (Wildman–Crippen LogP) is 2.49. The molecule has 1 aliphatic carbocycles. The van der Waals surface area contributed by atoms with Gasteiger partial charge in [-0.15, -0.1) is 0 Å². The van der Waals surface area contributed by atoms with Crippen molar-refractivity contribution in [2.75, 3.05) is 0 Å². The van der Waals surface area contributed by atoms with Gasteiger partial charge in [0.05, 0.1) is 6.54 Å². The number of carbonyl (C=O) groups is 1. The Labute approximate surface area is 139 Å². The average Bonchev–Trinajstić information content (AvgIpc) is 3.25. The van der Waals surface area contributed by atoms with Crippen LogP contribution in [0, 0.1) is 19.7 Å². The summed E-state index contributed by atoms with van der Waals surface area (Å²) in [6.45, 7) is 3.83. The molecule has 126 valence electrons. The number of benzene rings is 1. The number of hydrogen-bond acceptors (Lipinski definition) is 2. The molecule has 0 spiro atoms. The number of nitrogens with one attached hydrogen (secondary N) is 3. The number of carbonyl (C=O) groups excluding carboxylic acids is 1. The number of H-pyrrole nitrogens is 1. The van der Waals surface area contributed by atoms with Gasteiger partial charge in [-0.1, -0.05) is 12.1 Å². The van der Waals surface area contributed by atoms with Crippen LogP contribution in [0.2, 0.25) is 0 Å². The molecule has 2 atom stereocenters. The van der Waals surface area contributed by atoms with E-state index in [1.807, 2.05) is 26.0 Å². The second-order valence-corrected chi connectivity index (χ2v) is 6.27. The average molecular weight is 329 g/mol. The van der Waals surface area contributed by atoms with Crippen molar-refractivity contribution in [2.24, 2.45) is 0 Å². The molecule has 1 aromatic carbocycles. The number of pyridine rings is 1. The van der Waals surface area contributed by atoms with Crippen molar-refractivity contribution in [1.29, 1.82) is 0 Å². The van der Waals surface area contributed by atoms with Crippen molar-refractivity contribution < 1.29 is 9.18 Å². The van der Waals surface area contributed by atoms with Crippen LogP contribution in [0.1, 0.15) is 34.7 Å². The first-order chi connectivity index (χ1) is 11.4. The third-order valence-electron chi connectivity index (χ3n) is 4.30. The summed E-state index contributed by atoms with van der Waals surface area (Å²) < 4.78 is 13.2. The molecule has 2 amide bonds. The van der Waals surface area contributed by atoms with Gasteiger partial charge in [0.2, 0.25) is 0 Å². The van der Waals surface area contributed by atoms with Crippen LogP contribution in [0.3, 0.4) is 0 Å². The Hall–Kier alpha value is -2.63. The molecule has 1 aromatic heterocycles. The summed E-state index contributed by atoms with van der Waals surface area (Å²) in [4.78, 5) is 26.6. The Balaban J connectivity index is 1.54. The topological polar surface area (TPSA) is 74.0 Å². The highest BCUT2D eigenvalue weighted by molar-refractivity contribution is 5.75. The van der Waals surface area contributed by atoms with E-state index in [4.69, 9.17) is 0 Å². The summed E-state index contributed by atoms with van der Waals surface area (Å²) in [6, 6.07) is 8.00. The van der Waals surface area contributed by atoms with E-state index in [1.165, 1.54) is 12.1 Å². The quantitative estimate of drug-likeness (QED) is 0.806. The third kappa shape index (κ3) is 3.64. The maximum Gasteiger partial charge on any atom is 0.315 e. The third-order valence-corrected chi connectivity index (χ3v) is 4.30. The summed E-state index contributed by atoms with van der Waals surface area (Å²) in [6.07, 6.45) is 0.793. The van der Waals surface area contributed by atoms with Crippen LogP contribution in [-0.4, -0.2) is 17.1 Å². The maximum atomic E-state index is 13.2. The maximum absolute atomic E-state index is 13.2. The number of amides is 2. The Morgan fingerprint density at radius 1 is 1.33 bits per heavy atom. The van der Waals surface area contributed by atoms with Crippen LogP contribution in [0.25, 0.3) is 0 Å². The minimum absolute atomic E-state index is 0.00389. The van der Waals surface area contributed by atoms with Gasteiger partial charge < -0.3 is 15.6 Å². The van der Waals surface area contributed by atoms with Crippen LogP contribution < -0.4 is 16.2 Å². The van der Waals surface area contributed by atoms with Gasteiger partial charge in [0.15, 0.2) is 0 Å². The molecule has 0 bridgehead atoms. The standard InChI is InChI=1S/C18H20FN3O2/c1-10-6-11(2)21-17(23)15(10)9-20-18(24)22-16-8-14(16)12-4-3-5-13(19)7-12/h3-7,14,16H,8-9H2,1-2H3,(H,21,23)(H2,20,22,24)/t14-,16-/m0/s1. The number of halogens is 1. The Kier molecular flexibility index (Phi) is 4.38. The molecular weight excluding hydrogens is 309 g/mol. The molecule has 2 aromatic rings. The van der Waals surface area contributed by atoms with Crippen LogP contribution in [0.4, 0.5) is 9.18 Å². The summed E-state index contributed by atoms with van der Waals surface area (Å²) in [7, 11) is 0. The zero-order chi connectivity index (χ0) is 17.3. The van der Waals surface area contributed by atoms with Gasteiger partial charge in [-0.2, -0.15) is 0 Å². The molecule has 6 heteroatoms. The van der Waals surface area contributed by atoms with E-state index in [1.54, 1.807) is 6.07 Å². The fourth-order valence-electron chi connectivity index (χ4n) is 2.95. The van der Waals surface area contributed by atoms with E-state index in [0.29, 0.717) is 5.56 Å². The zero-order valence-electron chi connectivity index (χ0n) is 13.7. The summed E-state index contributed by atoms with van der Waals surface area (Å²) in [5.41, 5.74) is 2.90. The van der Waals surface area contributed by atoms with Crippen molar-refractivity contribution in [3.8, 4) is 0 Å². The van der Waals surface area contributed by atoms with Crippen LogP contribution in [0.5, 0.6) is 0 Å². The molecule has 1 saturated carbocycles. The molecule has 1 aliphatic rings. The van der Waals surface area contributed by atoms with Gasteiger partial charge in [-0.25, -0.2) is 9.18 Å². The lowest BCUT2D eigenvalue weighted by Crippen LogP contribution is -2.38. The van der Waals surface area contributed by atoms with E-state index in [2.05, 4.69) is 15.6 Å². The van der Waals surface area contributed by atoms with E-state index < -0.39 is 0 Å². The minimum Gasteiger partial charge on any atom is -0.335 e. The lowest BCUT2D eigenvalue weighted by Gasteiger charge is -2.09. The molecule has 0 saturated heterocycles. The highest BCUT2D eigenvalue weighted by Gasteiger charge is 2.39. The first-order valence-electron chi connectivity index (χ1n) is 7.93. The second-order valence-electron chi connectivity index (χ2n) is 6.27. The predicted molar refractivity (Wildman–Crippen MR) is 89.5 cm³/mol. The summed E-state index contributed by atoms with van der Waals surface area (Å²) in [5, 5.41) is 5.57. The molecule has 3 N–H and O–H groups in total. The fourth-order valence-corrected chi connectivity index (χ4v) is 2.95. The molecule has 1 heterocycles. The lowest BCUT2D eigenvalue weighted by atomic mass is 10.1. The number of aryl methyl sites for hydroxylation is 2. The van der Waals surface area contributed by atoms with Crippen molar-refractivity contribution >= 4 is 6.03 Å². The van der Waals surface area contributed by atoms with Crippen molar-refractivity contribution in [1.82, 2.24) is 15.6 Å². The first kappa shape index (κ1) is 16.2. The number of urea groups is 1. The van der Waals surface area contributed by atoms with E-state index in [9.17, 15) is 14.0 Å². The van der Waals surface area contributed by atoms with E-state index in [0.717, 1.165) is 23.2 Å². The smallest absolute Gasteiger partial charge is 0.315 e. The highest BCUT2D eigenvalue weighted by Crippen LogP contribution is 2.40. The summed E-state index contributed by atoms with van der Waals surface area (Å²) >= 11 is 0. The van der Waals surface area contributed by atoms with Crippen LogP contribution in [-0.2, 0) is 6.54 Å². The van der Waals surface area contributed by atoms with E-state index in [-0.39, 0.29) is 35.9 Å². The molecule has 0 aliphatic heterocycles. The molecule has 3 rings (SSSR count). The number of aromatic nitrogens is 1. The largest absolute Gasteiger partial charge is 0.335 e. The fraction of sp³-hybridized carbons (Fsp3) is 0.333. The molecule has 5 nitrogen and oxygen atoms in total. The normalized spacial score (nSPS) is 19.0. The van der Waals surface area contributed by atoms with E-state index >= 15 is 0 Å². The van der Waals surface area contributed by atoms with Gasteiger partial charge in [-0.05, 0) is 49.6 Å². The minimum atomic E-state index is -0.321. The number of hydrogen-bond donors (Lipinski definition) is 3. The Bertz CT molecular complexity index is 831. The number of aromatic amines is 1. The molecule has 0 radical (unpaired) electrons. The lowest BCUT2D eigenvalue weighted by molar-refractivity contribution is 0.240. The van der Waals surface area contributed by atoms with Gasteiger partial charge in [0.1, 0.15) is 5.82 Å². The van der Waals surface area contributed by atoms with Crippen molar-refractivity contribution in [3.05, 3.63) is 68.9 Å². The van der Waals surface area contributed by atoms with Gasteiger partial charge in [-0.3, -0.25) is 4.79 Å². The number of rotatable bonds is 4. The van der Waals surface area contributed by atoms with Crippen LogP contribution >= 0.6 is 0 Å². The Morgan fingerprint density at radius 2 is 2.12 bits per heavy atom. The molecule has 1 fully saturated rings. The molecule has 0 unspecified atom stereocenters. The van der Waals surface area contributed by atoms with Crippen LogP contribution in [0.15, 0.2) is 35.1 Å². The Morgan fingerprint density at radius 3 is 2.83 bits per heavy atom. The van der Waals surface area contributed by atoms with Gasteiger partial charge >= 0.3 is 6.03 Å². The summed E-state index contributed by atoms with van der Waals surface area (Å²) in [5.74, 6) is -0.118. The SMILES string of the molecule is Cc1cc(C)c(CNC(=O)N[C@H]2C[C@H]2c2cccc(F)c2)c(=O)[nH]1. The highest BCUT2D eigenvalue weighted by atomic mass is 19.1. The molecular formula is C18H20FN3O2. The monoisotopic (exact) mass is 329 g/mol. The molecule has 24 heavy (non-hydrogen) atoms. The van der Waals surface area contributed by atoms with Crippen molar-refractivity contribution in [3.63, 3.8) is 0 Å². The first-order valence-corrected chi connectivity index (χ1v) is 7.93. The zero-order valence-corrected chi connectivity index (χ0v) is 13.7. The van der Waals surface area contributed by atoms with Gasteiger partial charge in [0.25, 0.3) is 5.56 Å².